The molecule has 2 atom stereocenters. The van der Waals surface area contributed by atoms with Crippen LogP contribution >= 0.6 is 0 Å². The fourth-order valence-electron chi connectivity index (χ4n) is 6.91. The Balaban J connectivity index is 1.34. The third-order valence-electron chi connectivity index (χ3n) is 9.10. The van der Waals surface area contributed by atoms with Gasteiger partial charge in [-0.2, -0.15) is 0 Å². The summed E-state index contributed by atoms with van der Waals surface area (Å²) in [6.45, 7) is 2.78. The fourth-order valence-corrected chi connectivity index (χ4v) is 6.91. The van der Waals surface area contributed by atoms with Crippen molar-refractivity contribution in [3.63, 3.8) is 0 Å². The Morgan fingerprint density at radius 1 is 0.756 bits per heavy atom. The van der Waals surface area contributed by atoms with Gasteiger partial charge < -0.3 is 24.2 Å². The summed E-state index contributed by atoms with van der Waals surface area (Å²) in [7, 11) is 3.33. The van der Waals surface area contributed by atoms with Crippen molar-refractivity contribution in [1.82, 2.24) is 9.80 Å². The van der Waals surface area contributed by atoms with Crippen LogP contribution in [0.25, 0.3) is 0 Å². The zero-order valence-corrected chi connectivity index (χ0v) is 24.0. The number of hydrogen-bond acceptors (Lipinski definition) is 5. The lowest BCUT2D eigenvalue weighted by molar-refractivity contribution is -0.135. The van der Waals surface area contributed by atoms with Crippen LogP contribution in [-0.2, 0) is 4.79 Å². The summed E-state index contributed by atoms with van der Waals surface area (Å²) < 4.78 is 10.8. The molecule has 3 aliphatic rings. The molecule has 1 saturated carbocycles. The van der Waals surface area contributed by atoms with Gasteiger partial charge >= 0.3 is 0 Å². The van der Waals surface area contributed by atoms with Crippen LogP contribution in [0.15, 0.2) is 72.8 Å². The van der Waals surface area contributed by atoms with Gasteiger partial charge in [0, 0.05) is 43.5 Å². The summed E-state index contributed by atoms with van der Waals surface area (Å²) in [5.41, 5.74) is 3.62. The molecule has 214 valence electrons. The van der Waals surface area contributed by atoms with Crippen molar-refractivity contribution in [3.8, 4) is 11.5 Å². The molecule has 2 aliphatic heterocycles. The monoisotopic (exact) mass is 553 g/mol. The van der Waals surface area contributed by atoms with Gasteiger partial charge in [-0.1, -0.05) is 49.6 Å². The van der Waals surface area contributed by atoms with Crippen molar-refractivity contribution in [2.24, 2.45) is 0 Å². The van der Waals surface area contributed by atoms with Gasteiger partial charge in [-0.05, 0) is 66.4 Å². The summed E-state index contributed by atoms with van der Waals surface area (Å²) in [6, 6.07) is 23.5. The van der Waals surface area contributed by atoms with Gasteiger partial charge in [0.1, 0.15) is 11.5 Å². The number of fused-ring (bicyclic) bond motifs is 1. The molecule has 41 heavy (non-hydrogen) atoms. The maximum atomic E-state index is 14.6. The first-order valence-corrected chi connectivity index (χ1v) is 14.8. The Labute approximate surface area is 242 Å². The summed E-state index contributed by atoms with van der Waals surface area (Å²) in [6.07, 6.45) is 5.36. The Bertz CT molecular complexity index is 1360. The van der Waals surface area contributed by atoms with Crippen LogP contribution in [0.1, 0.15) is 65.5 Å². The van der Waals surface area contributed by atoms with Gasteiger partial charge in [-0.15, -0.1) is 0 Å². The minimum atomic E-state index is -0.466. The topological polar surface area (TPSA) is 62.3 Å². The minimum Gasteiger partial charge on any atom is -0.497 e. The number of rotatable bonds is 6. The fraction of sp³-hybridized carbons (Fsp3) is 0.412. The Morgan fingerprint density at radius 2 is 1.37 bits per heavy atom. The highest BCUT2D eigenvalue weighted by Crippen LogP contribution is 2.46. The number of benzene rings is 3. The minimum absolute atomic E-state index is 0.0432. The third-order valence-corrected chi connectivity index (χ3v) is 9.10. The van der Waals surface area contributed by atoms with E-state index in [1.54, 1.807) is 14.2 Å². The molecule has 2 amide bonds. The van der Waals surface area contributed by atoms with Gasteiger partial charge in [-0.25, -0.2) is 0 Å². The lowest BCUT2D eigenvalue weighted by Crippen LogP contribution is -2.55. The van der Waals surface area contributed by atoms with E-state index in [1.165, 1.54) is 6.42 Å². The van der Waals surface area contributed by atoms with E-state index < -0.39 is 5.92 Å². The van der Waals surface area contributed by atoms with E-state index in [4.69, 9.17) is 9.47 Å². The molecule has 2 fully saturated rings. The van der Waals surface area contributed by atoms with Crippen molar-refractivity contribution >= 4 is 17.5 Å². The van der Waals surface area contributed by atoms with Crippen LogP contribution < -0.4 is 14.4 Å². The average molecular weight is 554 g/mol. The molecule has 7 nitrogen and oxygen atoms in total. The van der Waals surface area contributed by atoms with Crippen LogP contribution in [0, 0.1) is 0 Å². The number of nitrogens with zero attached hydrogens (tertiary/aromatic N) is 3. The van der Waals surface area contributed by atoms with Crippen LogP contribution in [0.5, 0.6) is 11.5 Å². The van der Waals surface area contributed by atoms with Crippen molar-refractivity contribution in [2.75, 3.05) is 45.3 Å². The third kappa shape index (κ3) is 5.25. The van der Waals surface area contributed by atoms with E-state index in [9.17, 15) is 9.59 Å². The number of anilines is 1. The molecular weight excluding hydrogens is 514 g/mol. The van der Waals surface area contributed by atoms with E-state index >= 15 is 0 Å². The Kier molecular flexibility index (Phi) is 7.86. The molecule has 2 heterocycles. The molecule has 7 heteroatoms. The molecule has 0 unspecified atom stereocenters. The summed E-state index contributed by atoms with van der Waals surface area (Å²) in [5, 5.41) is 0. The second-order valence-corrected chi connectivity index (χ2v) is 11.3. The molecule has 0 aromatic heterocycles. The van der Waals surface area contributed by atoms with Crippen molar-refractivity contribution in [1.29, 1.82) is 0 Å². The van der Waals surface area contributed by atoms with Crippen LogP contribution in [0.3, 0.4) is 0 Å². The van der Waals surface area contributed by atoms with E-state index in [2.05, 4.69) is 21.9 Å². The second-order valence-electron chi connectivity index (χ2n) is 11.3. The Hall–Kier alpha value is -4.00. The maximum Gasteiger partial charge on any atom is 0.254 e. The van der Waals surface area contributed by atoms with E-state index in [1.807, 2.05) is 65.6 Å². The highest BCUT2D eigenvalue weighted by Gasteiger charge is 2.48. The average Bonchev–Trinajstić information content (AvgIpc) is 3.05. The zero-order chi connectivity index (χ0) is 28.3. The van der Waals surface area contributed by atoms with Crippen molar-refractivity contribution in [3.05, 3.63) is 89.5 Å². The number of methoxy groups -OCH3 is 2. The molecule has 0 N–H and O–H groups in total. The lowest BCUT2D eigenvalue weighted by Gasteiger charge is -2.48. The molecule has 6 rings (SSSR count). The zero-order valence-electron chi connectivity index (χ0n) is 24.0. The number of piperazine rings is 1. The highest BCUT2D eigenvalue weighted by molar-refractivity contribution is 6.01. The van der Waals surface area contributed by atoms with Crippen molar-refractivity contribution in [2.45, 2.75) is 50.1 Å². The van der Waals surface area contributed by atoms with Crippen molar-refractivity contribution < 1.29 is 19.1 Å². The molecule has 3 aromatic carbocycles. The van der Waals surface area contributed by atoms with Gasteiger partial charge in [-0.3, -0.25) is 9.59 Å². The summed E-state index contributed by atoms with van der Waals surface area (Å²) in [4.78, 5) is 35.2. The molecular formula is C34H39N3O4. The first-order chi connectivity index (χ1) is 20.1. The van der Waals surface area contributed by atoms with Gasteiger partial charge in [0.05, 0.1) is 26.2 Å². The van der Waals surface area contributed by atoms with Crippen LogP contribution in [0.4, 0.5) is 5.69 Å². The highest BCUT2D eigenvalue weighted by atomic mass is 16.5. The largest absolute Gasteiger partial charge is 0.497 e. The SMILES string of the molecule is COc1ccc([C@H]2[C@H](C(=O)N3CCN(c4ccc(OC)cc4)CC3)c3ccccc3C(=O)N2C2CCCCC2)cc1. The molecule has 3 aromatic rings. The molecule has 0 bridgehead atoms. The number of ether oxygens (including phenoxy) is 2. The van der Waals surface area contributed by atoms with Gasteiger partial charge in [0.15, 0.2) is 0 Å². The number of carbonyl (C=O) groups is 2. The molecule has 0 radical (unpaired) electrons. The molecule has 1 saturated heterocycles. The lowest BCUT2D eigenvalue weighted by atomic mass is 9.77. The second kappa shape index (κ2) is 11.9. The molecule has 1 aliphatic carbocycles. The number of carbonyl (C=O) groups excluding carboxylic acids is 2. The Morgan fingerprint density at radius 3 is 2.00 bits per heavy atom. The smallest absolute Gasteiger partial charge is 0.254 e. The summed E-state index contributed by atoms with van der Waals surface area (Å²) in [5.74, 6) is 1.27. The quantitative estimate of drug-likeness (QED) is 0.394. The van der Waals surface area contributed by atoms with Gasteiger partial charge in [0.2, 0.25) is 5.91 Å². The first-order valence-electron chi connectivity index (χ1n) is 14.8. The predicted molar refractivity (Wildman–Crippen MR) is 160 cm³/mol. The maximum absolute atomic E-state index is 14.6. The van der Waals surface area contributed by atoms with Gasteiger partial charge in [0.25, 0.3) is 5.91 Å². The van der Waals surface area contributed by atoms with Crippen LogP contribution in [-0.4, -0.2) is 68.1 Å². The standard InChI is InChI=1S/C34H39N3O4/c1-40-27-16-12-24(13-17-27)32-31(29-10-6-7-11-30(29)33(38)37(32)26-8-4-3-5-9-26)34(39)36-22-20-35(21-23-36)25-14-18-28(41-2)19-15-25/h6-7,10-19,26,31-32H,3-5,8-9,20-23H2,1-2H3/t31-,32+/m1/s1. The molecule has 0 spiro atoms. The summed E-state index contributed by atoms with van der Waals surface area (Å²) >= 11 is 0. The van der Waals surface area contributed by atoms with Crippen LogP contribution in [0.2, 0.25) is 0 Å². The predicted octanol–water partition coefficient (Wildman–Crippen LogP) is 5.67. The van der Waals surface area contributed by atoms with E-state index in [-0.39, 0.29) is 23.9 Å². The normalized spacial score (nSPS) is 21.4. The van der Waals surface area contributed by atoms with E-state index in [0.29, 0.717) is 18.7 Å². The number of amides is 2. The number of hydrogen-bond donors (Lipinski definition) is 0. The van der Waals surface area contributed by atoms with E-state index in [0.717, 1.165) is 67.1 Å². The first kappa shape index (κ1) is 27.2.